The summed E-state index contributed by atoms with van der Waals surface area (Å²) in [6.45, 7) is 1.48. The average molecular weight is 406 g/mol. The molecule has 1 unspecified atom stereocenters. The van der Waals surface area contributed by atoms with Gasteiger partial charge in [0.1, 0.15) is 5.82 Å². The zero-order chi connectivity index (χ0) is 20.4. The number of hydrogen-bond acceptors (Lipinski definition) is 6. The Kier molecular flexibility index (Phi) is 5.52. The van der Waals surface area contributed by atoms with Gasteiger partial charge in [0.2, 0.25) is 12.2 Å². The maximum Gasteiger partial charge on any atom is 0.287 e. The van der Waals surface area contributed by atoms with Crippen molar-refractivity contribution in [3.8, 4) is 11.4 Å². The highest BCUT2D eigenvalue weighted by molar-refractivity contribution is 5.86. The monoisotopic (exact) mass is 406 g/mol. The molecule has 10 heteroatoms. The lowest BCUT2D eigenvalue weighted by atomic mass is 10.1. The van der Waals surface area contributed by atoms with E-state index in [4.69, 9.17) is 4.74 Å². The van der Waals surface area contributed by atoms with E-state index >= 15 is 0 Å². The summed E-state index contributed by atoms with van der Waals surface area (Å²) >= 11 is 0. The van der Waals surface area contributed by atoms with Crippen molar-refractivity contribution < 1.29 is 17.9 Å². The van der Waals surface area contributed by atoms with Crippen molar-refractivity contribution in [3.05, 3.63) is 30.6 Å². The van der Waals surface area contributed by atoms with Gasteiger partial charge in [0.25, 0.3) is 6.43 Å². The summed E-state index contributed by atoms with van der Waals surface area (Å²) in [6, 6.07) is 5.72. The van der Waals surface area contributed by atoms with Crippen LogP contribution in [-0.4, -0.2) is 59.0 Å². The number of anilines is 2. The second kappa shape index (κ2) is 8.24. The number of fused-ring (bicyclic) bond motifs is 1. The van der Waals surface area contributed by atoms with Gasteiger partial charge in [-0.15, -0.1) is 0 Å². The van der Waals surface area contributed by atoms with Crippen molar-refractivity contribution >= 4 is 22.7 Å². The molecule has 3 aromatic heterocycles. The summed E-state index contributed by atoms with van der Waals surface area (Å²) in [5.74, 6) is 0.645. The zero-order valence-electron chi connectivity index (χ0n) is 15.8. The maximum atomic E-state index is 13.6. The molecular formula is C19H21F3N6O. The van der Waals surface area contributed by atoms with Gasteiger partial charge in [-0.2, -0.15) is 0 Å². The Morgan fingerprint density at radius 2 is 2.00 bits per heavy atom. The van der Waals surface area contributed by atoms with E-state index in [-0.39, 0.29) is 5.95 Å². The van der Waals surface area contributed by atoms with Crippen LogP contribution in [0.15, 0.2) is 30.6 Å². The Hall–Kier alpha value is -2.88. The molecule has 2 N–H and O–H groups in total. The molecule has 1 saturated heterocycles. The van der Waals surface area contributed by atoms with Crippen molar-refractivity contribution in [1.29, 1.82) is 0 Å². The van der Waals surface area contributed by atoms with Gasteiger partial charge in [-0.1, -0.05) is 0 Å². The van der Waals surface area contributed by atoms with E-state index in [1.54, 1.807) is 12.3 Å². The molecule has 1 atom stereocenters. The second-order valence-electron chi connectivity index (χ2n) is 6.93. The van der Waals surface area contributed by atoms with Crippen LogP contribution in [0.4, 0.5) is 24.9 Å². The van der Waals surface area contributed by atoms with E-state index in [0.29, 0.717) is 22.3 Å². The predicted molar refractivity (Wildman–Crippen MR) is 104 cm³/mol. The first-order valence-corrected chi connectivity index (χ1v) is 9.33. The van der Waals surface area contributed by atoms with Gasteiger partial charge < -0.3 is 19.9 Å². The summed E-state index contributed by atoms with van der Waals surface area (Å²) in [5, 5.41) is 4.29. The minimum absolute atomic E-state index is 0.117. The third kappa shape index (κ3) is 4.26. The number of ether oxygens (including phenoxy) is 1. The van der Waals surface area contributed by atoms with Gasteiger partial charge in [0, 0.05) is 50.1 Å². The number of halogens is 3. The van der Waals surface area contributed by atoms with Crippen LogP contribution in [0.25, 0.3) is 22.3 Å². The third-order valence-corrected chi connectivity index (χ3v) is 4.89. The first kappa shape index (κ1) is 19.4. The van der Waals surface area contributed by atoms with Gasteiger partial charge in [-0.3, -0.25) is 0 Å². The van der Waals surface area contributed by atoms with Gasteiger partial charge in [0.15, 0.2) is 0 Å². The quantitative estimate of drug-likeness (QED) is 0.609. The van der Waals surface area contributed by atoms with Gasteiger partial charge in [0.05, 0.1) is 16.9 Å². The molecule has 0 radical (unpaired) electrons. The lowest BCUT2D eigenvalue weighted by molar-refractivity contribution is 0.0501. The van der Waals surface area contributed by atoms with Crippen molar-refractivity contribution in [2.75, 3.05) is 30.5 Å². The number of nitrogens with zero attached hydrogens (tertiary/aromatic N) is 4. The van der Waals surface area contributed by atoms with Crippen molar-refractivity contribution in [3.63, 3.8) is 0 Å². The predicted octanol–water partition coefficient (Wildman–Crippen LogP) is 3.61. The molecule has 1 aliphatic rings. The van der Waals surface area contributed by atoms with Crippen molar-refractivity contribution in [2.24, 2.45) is 0 Å². The molecule has 0 aromatic carbocycles. The van der Waals surface area contributed by atoms with Crippen LogP contribution in [-0.2, 0) is 4.74 Å². The van der Waals surface area contributed by atoms with Crippen LogP contribution >= 0.6 is 0 Å². The zero-order valence-corrected chi connectivity index (χ0v) is 15.8. The number of hydrogen-bond donors (Lipinski definition) is 2. The Bertz CT molecular complexity index is 975. The van der Waals surface area contributed by atoms with Crippen LogP contribution in [0, 0.1) is 0 Å². The topological polar surface area (TPSA) is 79.0 Å². The molecule has 0 saturated carbocycles. The Morgan fingerprint density at radius 1 is 1.21 bits per heavy atom. The van der Waals surface area contributed by atoms with Crippen LogP contribution in [0.2, 0.25) is 0 Å². The molecular weight excluding hydrogens is 385 g/mol. The second-order valence-corrected chi connectivity index (χ2v) is 6.93. The SMILES string of the molecule is CN(c1nccc(-c2cc3cnc(NC4CCOCC4)cc3[nH]2)n1)C(F)C(F)F. The van der Waals surface area contributed by atoms with E-state index < -0.39 is 12.7 Å². The Labute approximate surface area is 165 Å². The highest BCUT2D eigenvalue weighted by Crippen LogP contribution is 2.26. The fraction of sp³-hybridized carbons (Fsp3) is 0.421. The number of pyridine rings is 1. The van der Waals surface area contributed by atoms with Gasteiger partial charge >= 0.3 is 0 Å². The van der Waals surface area contributed by atoms with Gasteiger partial charge in [-0.05, 0) is 25.0 Å². The molecule has 29 heavy (non-hydrogen) atoms. The van der Waals surface area contributed by atoms with Crippen molar-refractivity contribution in [1.82, 2.24) is 19.9 Å². The lowest BCUT2D eigenvalue weighted by Crippen LogP contribution is -2.34. The molecule has 154 valence electrons. The van der Waals surface area contributed by atoms with Crippen molar-refractivity contribution in [2.45, 2.75) is 31.6 Å². The van der Waals surface area contributed by atoms with Gasteiger partial charge in [-0.25, -0.2) is 28.1 Å². The van der Waals surface area contributed by atoms with Crippen LogP contribution in [0.1, 0.15) is 12.8 Å². The van der Waals surface area contributed by atoms with Crippen LogP contribution in [0.3, 0.4) is 0 Å². The number of aromatic nitrogens is 4. The number of nitrogens with one attached hydrogen (secondary N) is 2. The molecule has 3 aromatic rings. The molecule has 1 aliphatic heterocycles. The van der Waals surface area contributed by atoms with Crippen LogP contribution in [0.5, 0.6) is 0 Å². The average Bonchev–Trinajstić information content (AvgIpc) is 3.17. The van der Waals surface area contributed by atoms with E-state index in [9.17, 15) is 13.2 Å². The standard InChI is InChI=1S/C19H21F3N6O/c1-28(18(22)17(20)21)19-23-5-2-13(27-19)15-8-11-10-24-16(9-14(11)26-15)25-12-3-6-29-7-4-12/h2,5,8-10,12,17-18,26H,3-4,6-7H2,1H3,(H,24,25). The molecule has 0 amide bonds. The Balaban J connectivity index is 1.57. The normalized spacial score (nSPS) is 16.3. The highest BCUT2D eigenvalue weighted by Gasteiger charge is 2.26. The molecule has 1 fully saturated rings. The minimum Gasteiger partial charge on any atom is -0.381 e. The molecule has 4 heterocycles. The number of rotatable bonds is 6. The fourth-order valence-corrected chi connectivity index (χ4v) is 3.24. The smallest absolute Gasteiger partial charge is 0.287 e. The first-order valence-electron chi connectivity index (χ1n) is 9.33. The summed E-state index contributed by atoms with van der Waals surface area (Å²) in [7, 11) is 1.19. The maximum absolute atomic E-state index is 13.6. The Morgan fingerprint density at radius 3 is 2.76 bits per heavy atom. The largest absolute Gasteiger partial charge is 0.381 e. The summed E-state index contributed by atoms with van der Waals surface area (Å²) in [4.78, 5) is 16.5. The number of alkyl halides is 3. The fourth-order valence-electron chi connectivity index (χ4n) is 3.24. The molecule has 7 nitrogen and oxygen atoms in total. The third-order valence-electron chi connectivity index (χ3n) is 4.89. The molecule has 4 rings (SSSR count). The lowest BCUT2D eigenvalue weighted by Gasteiger charge is -2.23. The van der Waals surface area contributed by atoms with E-state index in [1.165, 1.54) is 13.2 Å². The van der Waals surface area contributed by atoms with E-state index in [2.05, 4.69) is 25.3 Å². The summed E-state index contributed by atoms with van der Waals surface area (Å²) < 4.78 is 44.2. The van der Waals surface area contributed by atoms with E-state index in [0.717, 1.165) is 42.8 Å². The molecule has 0 bridgehead atoms. The van der Waals surface area contributed by atoms with Crippen LogP contribution < -0.4 is 10.2 Å². The van der Waals surface area contributed by atoms with E-state index in [1.807, 2.05) is 12.1 Å². The first-order chi connectivity index (χ1) is 14.0. The summed E-state index contributed by atoms with van der Waals surface area (Å²) in [6.07, 6.45) is -0.597. The minimum atomic E-state index is -3.15. The number of H-pyrrole nitrogens is 1. The highest BCUT2D eigenvalue weighted by atomic mass is 19.3. The molecule has 0 aliphatic carbocycles. The molecule has 0 spiro atoms. The summed E-state index contributed by atoms with van der Waals surface area (Å²) in [5.41, 5.74) is 1.99. The number of aromatic amines is 1.